The molecule has 1 saturated carbocycles. The van der Waals surface area contributed by atoms with E-state index in [-0.39, 0.29) is 5.41 Å². The van der Waals surface area contributed by atoms with Gasteiger partial charge < -0.3 is 16.2 Å². The number of fused-ring (bicyclic) bond motifs is 5. The van der Waals surface area contributed by atoms with Crippen LogP contribution < -0.4 is 11.5 Å². The second kappa shape index (κ2) is 6.62. The Labute approximate surface area is 179 Å². The third kappa shape index (κ3) is 2.52. The molecule has 2 spiro atoms. The van der Waals surface area contributed by atoms with Crippen molar-refractivity contribution < 1.29 is 4.74 Å². The van der Waals surface area contributed by atoms with Gasteiger partial charge in [-0.25, -0.2) is 0 Å². The Morgan fingerprint density at radius 2 is 1.93 bits per heavy atom. The summed E-state index contributed by atoms with van der Waals surface area (Å²) < 4.78 is 6.75. The molecule has 0 bridgehead atoms. The number of methoxy groups -OCH3 is 1. The van der Waals surface area contributed by atoms with Gasteiger partial charge in [-0.3, -0.25) is 4.99 Å². The third-order valence-corrected chi connectivity index (χ3v) is 7.66. The summed E-state index contributed by atoms with van der Waals surface area (Å²) in [6.45, 7) is 0. The normalized spacial score (nSPS) is 29.3. The minimum atomic E-state index is -0.446. The molecule has 0 radical (unpaired) electrons. The minimum Gasteiger partial charge on any atom is -0.383 e. The van der Waals surface area contributed by atoms with Crippen molar-refractivity contribution in [2.45, 2.75) is 43.7 Å². The Bertz CT molecular complexity index is 1090. The van der Waals surface area contributed by atoms with Crippen molar-refractivity contribution in [1.29, 1.82) is 0 Å². The molecule has 1 fully saturated rings. The molecule has 4 nitrogen and oxygen atoms in total. The smallest absolute Gasteiger partial charge is 0.127 e. The second-order valence-corrected chi connectivity index (χ2v) is 9.35. The summed E-state index contributed by atoms with van der Waals surface area (Å²) in [5.41, 5.74) is 17.3. The number of aliphatic imine (C=N–C) groups is 1. The van der Waals surface area contributed by atoms with E-state index >= 15 is 0 Å². The predicted molar refractivity (Wildman–Crippen MR) is 119 cm³/mol. The molecule has 1 atom stereocenters. The molecule has 0 aromatic heterocycles. The van der Waals surface area contributed by atoms with E-state index in [9.17, 15) is 0 Å². The van der Waals surface area contributed by atoms with Crippen molar-refractivity contribution in [3.05, 3.63) is 68.7 Å². The number of ether oxygens (including phenoxy) is 1. The molecule has 0 saturated heterocycles. The molecule has 0 amide bonds. The summed E-state index contributed by atoms with van der Waals surface area (Å²) in [5.74, 6) is 3.54. The molecule has 2 aromatic rings. The van der Waals surface area contributed by atoms with Crippen molar-refractivity contribution in [2.75, 3.05) is 7.11 Å². The fraction of sp³-hybridized carbons (Fsp3) is 0.375. The van der Waals surface area contributed by atoms with Gasteiger partial charge in [0, 0.05) is 34.2 Å². The van der Waals surface area contributed by atoms with Crippen LogP contribution in [0.5, 0.6) is 0 Å². The first-order chi connectivity index (χ1) is 14.0. The molecule has 5 heteroatoms. The van der Waals surface area contributed by atoms with E-state index in [4.69, 9.17) is 21.2 Å². The van der Waals surface area contributed by atoms with Crippen LogP contribution in [-0.4, -0.2) is 19.0 Å². The highest BCUT2D eigenvalue weighted by Gasteiger charge is 2.62. The first-order valence-corrected chi connectivity index (χ1v) is 10.9. The lowest BCUT2D eigenvalue weighted by Gasteiger charge is -2.47. The Morgan fingerprint density at radius 1 is 1.14 bits per heavy atom. The number of hydrogen-bond donors (Lipinski definition) is 2. The van der Waals surface area contributed by atoms with Gasteiger partial charge in [0.05, 0.1) is 6.10 Å². The molecule has 1 aliphatic heterocycles. The maximum absolute atomic E-state index is 6.54. The molecule has 29 heavy (non-hydrogen) atoms. The quantitative estimate of drug-likeness (QED) is 0.513. The monoisotopic (exact) mass is 449 g/mol. The summed E-state index contributed by atoms with van der Waals surface area (Å²) in [4.78, 5) is 5.25. The lowest BCUT2D eigenvalue weighted by atomic mass is 9.59. The number of benzene rings is 2. The summed E-state index contributed by atoms with van der Waals surface area (Å²) in [6, 6.07) is 15.4. The Kier molecular flexibility index (Phi) is 4.27. The zero-order valence-electron chi connectivity index (χ0n) is 16.5. The van der Waals surface area contributed by atoms with Crippen molar-refractivity contribution in [3.63, 3.8) is 0 Å². The van der Waals surface area contributed by atoms with E-state index in [0.29, 0.717) is 11.9 Å². The van der Waals surface area contributed by atoms with E-state index in [1.54, 1.807) is 0 Å². The first-order valence-electron chi connectivity index (χ1n) is 10.1. The SMILES string of the molecule is COC1CCC2(CC1)Cc1ccc(Br)cc1C21N=C(N)c2cc(C#CN)ccc21. The van der Waals surface area contributed by atoms with Gasteiger partial charge in [0.1, 0.15) is 11.4 Å². The molecule has 3 aliphatic rings. The van der Waals surface area contributed by atoms with Gasteiger partial charge in [0.2, 0.25) is 0 Å². The van der Waals surface area contributed by atoms with Crippen LogP contribution in [0, 0.1) is 17.4 Å². The number of rotatable bonds is 1. The predicted octanol–water partition coefficient (Wildman–Crippen LogP) is 3.81. The summed E-state index contributed by atoms with van der Waals surface area (Å²) in [5, 5.41) is 0. The Balaban J connectivity index is 1.75. The molecule has 1 unspecified atom stereocenters. The van der Waals surface area contributed by atoms with Gasteiger partial charge in [0.25, 0.3) is 0 Å². The van der Waals surface area contributed by atoms with Crippen molar-refractivity contribution in [2.24, 2.45) is 21.9 Å². The van der Waals surface area contributed by atoms with E-state index in [2.05, 4.69) is 52.2 Å². The highest BCUT2D eigenvalue weighted by Crippen LogP contribution is 2.64. The fourth-order valence-electron chi connectivity index (χ4n) is 5.88. The van der Waals surface area contributed by atoms with Crippen LogP contribution >= 0.6 is 15.9 Å². The fourth-order valence-corrected chi connectivity index (χ4v) is 6.24. The van der Waals surface area contributed by atoms with Gasteiger partial charge in [-0.05, 0) is 79.0 Å². The number of nitrogens with zero attached hydrogens (tertiary/aromatic N) is 1. The van der Waals surface area contributed by atoms with Gasteiger partial charge >= 0.3 is 0 Å². The molecular formula is C24H24BrN3O. The largest absolute Gasteiger partial charge is 0.383 e. The molecular weight excluding hydrogens is 426 g/mol. The van der Waals surface area contributed by atoms with Crippen LogP contribution in [0.1, 0.15) is 53.5 Å². The number of nitrogens with two attached hydrogens (primary N) is 2. The highest BCUT2D eigenvalue weighted by atomic mass is 79.9. The van der Waals surface area contributed by atoms with E-state index in [1.165, 1.54) is 16.7 Å². The van der Waals surface area contributed by atoms with Crippen molar-refractivity contribution in [3.8, 4) is 12.0 Å². The van der Waals surface area contributed by atoms with Crippen LogP contribution in [0.3, 0.4) is 0 Å². The van der Waals surface area contributed by atoms with E-state index < -0.39 is 5.54 Å². The lowest BCUT2D eigenvalue weighted by molar-refractivity contribution is 0.00684. The van der Waals surface area contributed by atoms with Crippen LogP contribution in [-0.2, 0) is 16.7 Å². The number of halogens is 1. The van der Waals surface area contributed by atoms with Gasteiger partial charge in [-0.1, -0.05) is 28.1 Å². The average Bonchev–Trinajstić information content (AvgIpc) is 3.16. The Morgan fingerprint density at radius 3 is 2.66 bits per heavy atom. The third-order valence-electron chi connectivity index (χ3n) is 7.17. The maximum Gasteiger partial charge on any atom is 0.127 e. The van der Waals surface area contributed by atoms with Gasteiger partial charge in [-0.15, -0.1) is 0 Å². The lowest BCUT2D eigenvalue weighted by Crippen LogP contribution is -2.45. The molecule has 2 aromatic carbocycles. The first kappa shape index (κ1) is 18.7. The number of hydrogen-bond acceptors (Lipinski definition) is 4. The highest BCUT2D eigenvalue weighted by molar-refractivity contribution is 9.10. The minimum absolute atomic E-state index is 0.0160. The standard InChI is InChI=1S/C24H24BrN3O/c1-29-18-6-9-23(10-7-18)14-16-3-4-17(25)13-21(16)24(23)20-5-2-15(8-11-26)12-19(20)22(27)28-24/h2-5,12-13,18H,6-7,9-10,14,26H2,1H3,(H2,27,28). The van der Waals surface area contributed by atoms with Crippen molar-refractivity contribution in [1.82, 2.24) is 0 Å². The van der Waals surface area contributed by atoms with Crippen LogP contribution in [0.15, 0.2) is 45.9 Å². The van der Waals surface area contributed by atoms with Crippen LogP contribution in [0.25, 0.3) is 0 Å². The van der Waals surface area contributed by atoms with Gasteiger partial charge in [0.15, 0.2) is 0 Å². The second-order valence-electron chi connectivity index (χ2n) is 8.43. The van der Waals surface area contributed by atoms with Gasteiger partial charge in [-0.2, -0.15) is 0 Å². The zero-order chi connectivity index (χ0) is 20.2. The molecule has 4 N–H and O–H groups in total. The summed E-state index contributed by atoms with van der Waals surface area (Å²) >= 11 is 3.68. The van der Waals surface area contributed by atoms with E-state index in [1.807, 2.05) is 19.2 Å². The molecule has 2 aliphatic carbocycles. The Hall–Kier alpha value is -2.29. The molecule has 148 valence electrons. The topological polar surface area (TPSA) is 73.6 Å². The zero-order valence-corrected chi connectivity index (χ0v) is 18.1. The van der Waals surface area contributed by atoms with E-state index in [0.717, 1.165) is 47.7 Å². The molecule has 5 rings (SSSR count). The average molecular weight is 450 g/mol. The number of amidine groups is 1. The summed E-state index contributed by atoms with van der Waals surface area (Å²) in [6.07, 6.45) is 5.59. The van der Waals surface area contributed by atoms with Crippen molar-refractivity contribution >= 4 is 21.8 Å². The summed E-state index contributed by atoms with van der Waals surface area (Å²) in [7, 11) is 1.82. The molecule has 1 heterocycles. The van der Waals surface area contributed by atoms with Crippen LogP contribution in [0.4, 0.5) is 0 Å². The maximum atomic E-state index is 6.54. The van der Waals surface area contributed by atoms with Crippen LogP contribution in [0.2, 0.25) is 0 Å².